The van der Waals surface area contributed by atoms with Crippen molar-refractivity contribution in [1.82, 2.24) is 4.72 Å². The highest BCUT2D eigenvalue weighted by Crippen LogP contribution is 2.28. The minimum atomic E-state index is -4.42. The van der Waals surface area contributed by atoms with Gasteiger partial charge in [0.15, 0.2) is 4.90 Å². The molecule has 1 aliphatic heterocycles. The maximum atomic E-state index is 13.6. The standard InChI is InChI=1S/C16H15F2NO4S/c17-12-2-1-3-13(18)16(12)24(21,22)19-9-14(20)10-4-5-15-11(8-10)6-7-23-15/h1-5,8,14,19-20H,6-7,9H2. The normalized spacial score (nSPS) is 15.0. The zero-order valence-electron chi connectivity index (χ0n) is 12.5. The van der Waals surface area contributed by atoms with E-state index in [4.69, 9.17) is 4.74 Å². The van der Waals surface area contributed by atoms with Gasteiger partial charge in [-0.1, -0.05) is 12.1 Å². The van der Waals surface area contributed by atoms with Gasteiger partial charge in [-0.15, -0.1) is 0 Å². The Morgan fingerprint density at radius 2 is 1.92 bits per heavy atom. The van der Waals surface area contributed by atoms with Crippen molar-refractivity contribution >= 4 is 10.0 Å². The van der Waals surface area contributed by atoms with Crippen LogP contribution in [0.4, 0.5) is 8.78 Å². The first-order valence-electron chi connectivity index (χ1n) is 7.26. The van der Waals surface area contributed by atoms with Crippen LogP contribution in [0.2, 0.25) is 0 Å². The third kappa shape index (κ3) is 3.26. The third-order valence-electron chi connectivity index (χ3n) is 3.75. The van der Waals surface area contributed by atoms with Gasteiger partial charge in [0.1, 0.15) is 17.4 Å². The van der Waals surface area contributed by atoms with E-state index in [2.05, 4.69) is 0 Å². The van der Waals surface area contributed by atoms with Crippen LogP contribution in [-0.2, 0) is 16.4 Å². The molecule has 0 saturated carbocycles. The Balaban J connectivity index is 1.75. The van der Waals surface area contributed by atoms with E-state index in [1.54, 1.807) is 18.2 Å². The van der Waals surface area contributed by atoms with Crippen LogP contribution >= 0.6 is 0 Å². The zero-order chi connectivity index (χ0) is 17.3. The summed E-state index contributed by atoms with van der Waals surface area (Å²) in [7, 11) is -4.42. The molecule has 3 rings (SSSR count). The van der Waals surface area contributed by atoms with E-state index in [0.717, 1.165) is 29.5 Å². The molecule has 24 heavy (non-hydrogen) atoms. The predicted octanol–water partition coefficient (Wildman–Crippen LogP) is 1.91. The lowest BCUT2D eigenvalue weighted by Crippen LogP contribution is -2.30. The Morgan fingerprint density at radius 3 is 2.62 bits per heavy atom. The molecule has 1 aliphatic rings. The number of nitrogens with one attached hydrogen (secondary N) is 1. The second-order valence-corrected chi connectivity index (χ2v) is 7.09. The Hall–Kier alpha value is -2.03. The fourth-order valence-corrected chi connectivity index (χ4v) is 3.70. The van der Waals surface area contributed by atoms with Gasteiger partial charge in [-0.25, -0.2) is 21.9 Å². The van der Waals surface area contributed by atoms with Crippen LogP contribution in [0, 0.1) is 11.6 Å². The molecule has 1 heterocycles. The van der Waals surface area contributed by atoms with Crippen LogP contribution in [0.15, 0.2) is 41.3 Å². The van der Waals surface area contributed by atoms with Crippen molar-refractivity contribution in [1.29, 1.82) is 0 Å². The first-order chi connectivity index (χ1) is 11.4. The van der Waals surface area contributed by atoms with Crippen molar-refractivity contribution in [2.45, 2.75) is 17.4 Å². The van der Waals surface area contributed by atoms with E-state index < -0.39 is 39.2 Å². The number of benzene rings is 2. The summed E-state index contributed by atoms with van der Waals surface area (Å²) < 4.78 is 58.8. The summed E-state index contributed by atoms with van der Waals surface area (Å²) in [5.41, 5.74) is 1.42. The molecule has 1 atom stereocenters. The van der Waals surface area contributed by atoms with E-state index in [0.29, 0.717) is 18.6 Å². The molecule has 2 aromatic carbocycles. The van der Waals surface area contributed by atoms with Gasteiger partial charge in [0.2, 0.25) is 10.0 Å². The topological polar surface area (TPSA) is 75.6 Å². The number of halogens is 2. The van der Waals surface area contributed by atoms with Gasteiger partial charge in [0.25, 0.3) is 0 Å². The zero-order valence-corrected chi connectivity index (χ0v) is 13.3. The summed E-state index contributed by atoms with van der Waals surface area (Å²) in [6.45, 7) is 0.157. The van der Waals surface area contributed by atoms with Crippen molar-refractivity contribution in [3.05, 3.63) is 59.2 Å². The van der Waals surface area contributed by atoms with Crippen LogP contribution in [0.25, 0.3) is 0 Å². The second kappa shape index (κ2) is 6.46. The fourth-order valence-electron chi connectivity index (χ4n) is 2.53. The van der Waals surface area contributed by atoms with Gasteiger partial charge < -0.3 is 9.84 Å². The molecule has 8 heteroatoms. The lowest BCUT2D eigenvalue weighted by Gasteiger charge is -2.14. The molecule has 0 spiro atoms. The number of fused-ring (bicyclic) bond motifs is 1. The van der Waals surface area contributed by atoms with Crippen molar-refractivity contribution < 1.29 is 27.0 Å². The highest BCUT2D eigenvalue weighted by atomic mass is 32.2. The number of hydrogen-bond donors (Lipinski definition) is 2. The number of aliphatic hydroxyl groups is 1. The molecule has 0 amide bonds. The van der Waals surface area contributed by atoms with Crippen molar-refractivity contribution in [3.63, 3.8) is 0 Å². The average Bonchev–Trinajstić information content (AvgIpc) is 2.99. The second-order valence-electron chi connectivity index (χ2n) is 5.38. The number of sulfonamides is 1. The molecule has 2 N–H and O–H groups in total. The molecule has 0 radical (unpaired) electrons. The molecule has 0 aromatic heterocycles. The Labute approximate surface area is 137 Å². The highest BCUT2D eigenvalue weighted by Gasteiger charge is 2.25. The first kappa shape index (κ1) is 16.8. The van der Waals surface area contributed by atoms with Crippen molar-refractivity contribution in [2.75, 3.05) is 13.2 Å². The molecule has 1 unspecified atom stereocenters. The van der Waals surface area contributed by atoms with Crippen LogP contribution in [0.3, 0.4) is 0 Å². The lowest BCUT2D eigenvalue weighted by molar-refractivity contribution is 0.182. The Kier molecular flexibility index (Phi) is 4.53. The SMILES string of the molecule is O=S(=O)(NCC(O)c1ccc2c(c1)CCO2)c1c(F)cccc1F. The minimum Gasteiger partial charge on any atom is -0.493 e. The molecular weight excluding hydrogens is 340 g/mol. The highest BCUT2D eigenvalue weighted by molar-refractivity contribution is 7.89. The molecule has 128 valence electrons. The van der Waals surface area contributed by atoms with Crippen molar-refractivity contribution in [3.8, 4) is 5.75 Å². The molecule has 0 saturated heterocycles. The summed E-state index contributed by atoms with van der Waals surface area (Å²) in [6, 6.07) is 7.83. The molecule has 5 nitrogen and oxygen atoms in total. The molecular formula is C16H15F2NO4S. The first-order valence-corrected chi connectivity index (χ1v) is 8.74. The van der Waals surface area contributed by atoms with E-state index in [-0.39, 0.29) is 0 Å². The van der Waals surface area contributed by atoms with Crippen LogP contribution in [-0.4, -0.2) is 26.7 Å². The lowest BCUT2D eigenvalue weighted by atomic mass is 10.0. The number of aliphatic hydroxyl groups excluding tert-OH is 1. The quantitative estimate of drug-likeness (QED) is 0.859. The van der Waals surface area contributed by atoms with E-state index in [1.165, 1.54) is 0 Å². The maximum Gasteiger partial charge on any atom is 0.246 e. The van der Waals surface area contributed by atoms with Gasteiger partial charge in [0.05, 0.1) is 12.7 Å². The van der Waals surface area contributed by atoms with E-state index in [1.807, 2.05) is 4.72 Å². The number of rotatable bonds is 5. The largest absolute Gasteiger partial charge is 0.493 e. The molecule has 0 bridgehead atoms. The average molecular weight is 355 g/mol. The Morgan fingerprint density at radius 1 is 1.21 bits per heavy atom. The molecule has 0 fully saturated rings. The van der Waals surface area contributed by atoms with Crippen LogP contribution in [0.1, 0.15) is 17.2 Å². The number of ether oxygens (including phenoxy) is 1. The summed E-state index contributed by atoms with van der Waals surface area (Å²) in [5.74, 6) is -1.64. The Bertz CT molecular complexity index is 850. The summed E-state index contributed by atoms with van der Waals surface area (Å²) in [5, 5.41) is 10.1. The van der Waals surface area contributed by atoms with Gasteiger partial charge >= 0.3 is 0 Å². The van der Waals surface area contributed by atoms with Gasteiger partial charge in [-0.3, -0.25) is 0 Å². The van der Waals surface area contributed by atoms with E-state index in [9.17, 15) is 22.3 Å². The van der Waals surface area contributed by atoms with Crippen LogP contribution in [0.5, 0.6) is 5.75 Å². The number of hydrogen-bond acceptors (Lipinski definition) is 4. The van der Waals surface area contributed by atoms with E-state index >= 15 is 0 Å². The van der Waals surface area contributed by atoms with Gasteiger partial charge in [-0.2, -0.15) is 0 Å². The fraction of sp³-hybridized carbons (Fsp3) is 0.250. The smallest absolute Gasteiger partial charge is 0.246 e. The summed E-state index contributed by atoms with van der Waals surface area (Å²) >= 11 is 0. The van der Waals surface area contributed by atoms with Gasteiger partial charge in [0, 0.05) is 13.0 Å². The maximum absolute atomic E-state index is 13.6. The summed E-state index contributed by atoms with van der Waals surface area (Å²) in [6.07, 6.45) is -0.442. The van der Waals surface area contributed by atoms with Crippen molar-refractivity contribution in [2.24, 2.45) is 0 Å². The monoisotopic (exact) mass is 355 g/mol. The molecule has 0 aliphatic carbocycles. The summed E-state index contributed by atoms with van der Waals surface area (Å²) in [4.78, 5) is -1.06. The van der Waals surface area contributed by atoms with Crippen LogP contribution < -0.4 is 9.46 Å². The third-order valence-corrected chi connectivity index (χ3v) is 5.23. The predicted molar refractivity (Wildman–Crippen MR) is 82.1 cm³/mol. The van der Waals surface area contributed by atoms with Gasteiger partial charge in [-0.05, 0) is 35.4 Å². The molecule has 2 aromatic rings. The minimum absolute atomic E-state index is 0.407.